The Morgan fingerprint density at radius 1 is 0.933 bits per heavy atom. The fourth-order valence-electron chi connectivity index (χ4n) is 2.60. The minimum absolute atomic E-state index is 0.117. The molecule has 0 spiro atoms. The third-order valence-corrected chi connectivity index (χ3v) is 3.94. The fourth-order valence-corrected chi connectivity index (χ4v) is 2.60. The summed E-state index contributed by atoms with van der Waals surface area (Å²) in [6.45, 7) is 5.24. The summed E-state index contributed by atoms with van der Waals surface area (Å²) in [5.41, 5.74) is 0.732. The van der Waals surface area contributed by atoms with Gasteiger partial charge in [-0.25, -0.2) is 9.59 Å². The lowest BCUT2D eigenvalue weighted by molar-refractivity contribution is 0.0509. The van der Waals surface area contributed by atoms with Crippen LogP contribution in [-0.2, 0) is 4.74 Å². The number of carboxylic acid groups (broad SMARTS) is 1. The van der Waals surface area contributed by atoms with Crippen molar-refractivity contribution in [3.8, 4) is 11.4 Å². The molecule has 3 aromatic rings. The van der Waals surface area contributed by atoms with Crippen LogP contribution in [-0.4, -0.2) is 43.2 Å². The molecule has 1 unspecified atom stereocenters. The number of benzene rings is 2. The lowest BCUT2D eigenvalue weighted by Gasteiger charge is -2.23. The second-order valence-corrected chi connectivity index (χ2v) is 7.45. The number of alkyl carbamates (subject to hydrolysis) is 1. The summed E-state index contributed by atoms with van der Waals surface area (Å²) in [7, 11) is 0. The van der Waals surface area contributed by atoms with Gasteiger partial charge in [-0.15, -0.1) is 20.4 Å². The van der Waals surface area contributed by atoms with Crippen LogP contribution in [0.2, 0.25) is 0 Å². The van der Waals surface area contributed by atoms with Crippen molar-refractivity contribution in [3.05, 3.63) is 71.5 Å². The molecule has 3 rings (SSSR count). The van der Waals surface area contributed by atoms with E-state index < -0.39 is 23.7 Å². The molecule has 0 radical (unpaired) electrons. The molecule has 0 aliphatic carbocycles. The maximum atomic E-state index is 12.4. The van der Waals surface area contributed by atoms with Crippen LogP contribution in [0.5, 0.6) is 0 Å². The van der Waals surface area contributed by atoms with E-state index in [2.05, 4.69) is 25.7 Å². The van der Waals surface area contributed by atoms with E-state index in [1.54, 1.807) is 32.9 Å². The van der Waals surface area contributed by atoms with Gasteiger partial charge >= 0.3 is 12.1 Å². The van der Waals surface area contributed by atoms with Gasteiger partial charge in [-0.3, -0.25) is 0 Å². The molecule has 0 fully saturated rings. The van der Waals surface area contributed by atoms with Gasteiger partial charge in [-0.05, 0) is 38.5 Å². The Morgan fingerprint density at radius 3 is 2.07 bits per heavy atom. The normalized spacial score (nSPS) is 12.1. The number of hydrogen-bond acceptors (Lipinski definition) is 7. The number of carboxylic acids is 1. The van der Waals surface area contributed by atoms with E-state index in [4.69, 9.17) is 9.84 Å². The van der Waals surface area contributed by atoms with Gasteiger partial charge < -0.3 is 15.2 Å². The Kier molecular flexibility index (Phi) is 6.01. The van der Waals surface area contributed by atoms with Crippen molar-refractivity contribution in [1.29, 1.82) is 0 Å². The molecule has 2 aromatic carbocycles. The number of ether oxygens (including phenoxy) is 1. The molecule has 2 N–H and O–H groups in total. The Labute approximate surface area is 173 Å². The molecule has 1 amide bonds. The lowest BCUT2D eigenvalue weighted by Crippen LogP contribution is -2.36. The summed E-state index contributed by atoms with van der Waals surface area (Å²) < 4.78 is 5.33. The average Bonchev–Trinajstić information content (AvgIpc) is 2.72. The topological polar surface area (TPSA) is 127 Å². The molecule has 0 saturated heterocycles. The summed E-state index contributed by atoms with van der Waals surface area (Å²) in [6, 6.07) is 14.4. The number of nitrogens with one attached hydrogen (secondary N) is 1. The number of nitrogens with zero attached hydrogens (tertiary/aromatic N) is 4. The number of rotatable bonds is 5. The Bertz CT molecular complexity index is 1020. The standard InChI is InChI=1S/C21H21N5O4/c1-21(2,3)30-20(29)22-16(13-9-11-15(12-10-13)19(27)28)18-25-23-17(24-26-18)14-7-5-4-6-8-14/h4-12,16H,1-3H3,(H,22,29)(H,27,28). The van der Waals surface area contributed by atoms with E-state index in [0.717, 1.165) is 5.56 Å². The van der Waals surface area contributed by atoms with Crippen molar-refractivity contribution in [2.45, 2.75) is 32.4 Å². The molecule has 30 heavy (non-hydrogen) atoms. The monoisotopic (exact) mass is 407 g/mol. The molecule has 1 heterocycles. The van der Waals surface area contributed by atoms with E-state index in [1.165, 1.54) is 12.1 Å². The maximum Gasteiger partial charge on any atom is 0.408 e. The first-order valence-corrected chi connectivity index (χ1v) is 9.18. The first-order valence-electron chi connectivity index (χ1n) is 9.18. The first kappa shape index (κ1) is 20.8. The van der Waals surface area contributed by atoms with Gasteiger partial charge in [-0.2, -0.15) is 0 Å². The van der Waals surface area contributed by atoms with Crippen LogP contribution in [0, 0.1) is 0 Å². The van der Waals surface area contributed by atoms with E-state index >= 15 is 0 Å². The number of carbonyl (C=O) groups is 2. The van der Waals surface area contributed by atoms with Crippen molar-refractivity contribution < 1.29 is 19.4 Å². The molecule has 9 heteroatoms. The lowest BCUT2D eigenvalue weighted by atomic mass is 10.0. The molecule has 0 aliphatic rings. The second-order valence-electron chi connectivity index (χ2n) is 7.45. The third-order valence-electron chi connectivity index (χ3n) is 3.94. The van der Waals surface area contributed by atoms with Gasteiger partial charge in [-0.1, -0.05) is 42.5 Å². The van der Waals surface area contributed by atoms with Crippen LogP contribution in [0.3, 0.4) is 0 Å². The molecule has 0 bridgehead atoms. The van der Waals surface area contributed by atoms with Gasteiger partial charge in [0.05, 0.1) is 5.56 Å². The molecule has 0 aliphatic heterocycles. The highest BCUT2D eigenvalue weighted by Crippen LogP contribution is 2.21. The average molecular weight is 407 g/mol. The summed E-state index contributed by atoms with van der Waals surface area (Å²) in [4.78, 5) is 23.5. The molecule has 0 saturated carbocycles. The van der Waals surface area contributed by atoms with E-state index in [9.17, 15) is 9.59 Å². The molecule has 9 nitrogen and oxygen atoms in total. The zero-order valence-corrected chi connectivity index (χ0v) is 16.7. The van der Waals surface area contributed by atoms with Gasteiger partial charge in [0.25, 0.3) is 0 Å². The highest BCUT2D eigenvalue weighted by molar-refractivity contribution is 5.87. The molecule has 154 valence electrons. The van der Waals surface area contributed by atoms with E-state index in [-0.39, 0.29) is 11.4 Å². The van der Waals surface area contributed by atoms with E-state index in [1.807, 2.05) is 30.3 Å². The fraction of sp³-hybridized carbons (Fsp3) is 0.238. The van der Waals surface area contributed by atoms with Crippen molar-refractivity contribution in [2.75, 3.05) is 0 Å². The SMILES string of the molecule is CC(C)(C)OC(=O)NC(c1ccc(C(=O)O)cc1)c1nnc(-c2ccccc2)nn1. The minimum atomic E-state index is -1.05. The van der Waals surface area contributed by atoms with E-state index in [0.29, 0.717) is 11.4 Å². The Hall–Kier alpha value is -3.88. The van der Waals surface area contributed by atoms with Crippen molar-refractivity contribution in [1.82, 2.24) is 25.7 Å². The maximum absolute atomic E-state index is 12.4. The largest absolute Gasteiger partial charge is 0.478 e. The van der Waals surface area contributed by atoms with Gasteiger partial charge in [0.2, 0.25) is 5.82 Å². The van der Waals surface area contributed by atoms with Crippen LogP contribution in [0.15, 0.2) is 54.6 Å². The molecule has 1 aromatic heterocycles. The highest BCUT2D eigenvalue weighted by atomic mass is 16.6. The number of aromatic carboxylic acids is 1. The zero-order valence-electron chi connectivity index (χ0n) is 16.7. The molecular formula is C21H21N5O4. The van der Waals surface area contributed by atoms with Crippen molar-refractivity contribution in [3.63, 3.8) is 0 Å². The minimum Gasteiger partial charge on any atom is -0.478 e. The van der Waals surface area contributed by atoms with Crippen LogP contribution in [0.1, 0.15) is 48.6 Å². The van der Waals surface area contributed by atoms with Crippen molar-refractivity contribution >= 4 is 12.1 Å². The smallest absolute Gasteiger partial charge is 0.408 e. The Morgan fingerprint density at radius 2 is 1.53 bits per heavy atom. The van der Waals surface area contributed by atoms with Crippen LogP contribution in [0.25, 0.3) is 11.4 Å². The van der Waals surface area contributed by atoms with Gasteiger partial charge in [0, 0.05) is 5.56 Å². The summed E-state index contributed by atoms with van der Waals surface area (Å²) in [5.74, 6) is -0.565. The summed E-state index contributed by atoms with van der Waals surface area (Å²) in [5, 5.41) is 28.3. The van der Waals surface area contributed by atoms with Crippen LogP contribution >= 0.6 is 0 Å². The summed E-state index contributed by atoms with van der Waals surface area (Å²) >= 11 is 0. The summed E-state index contributed by atoms with van der Waals surface area (Å²) in [6.07, 6.45) is -0.675. The number of aromatic nitrogens is 4. The highest BCUT2D eigenvalue weighted by Gasteiger charge is 2.25. The number of amides is 1. The third kappa shape index (κ3) is 5.34. The van der Waals surface area contributed by atoms with Gasteiger partial charge in [0.1, 0.15) is 11.6 Å². The Balaban J connectivity index is 1.92. The number of carbonyl (C=O) groups excluding carboxylic acids is 1. The zero-order chi connectivity index (χ0) is 21.7. The predicted octanol–water partition coefficient (Wildman–Crippen LogP) is 3.25. The second kappa shape index (κ2) is 8.64. The van der Waals surface area contributed by atoms with Crippen LogP contribution < -0.4 is 5.32 Å². The first-order chi connectivity index (χ1) is 14.2. The molecule has 1 atom stereocenters. The van der Waals surface area contributed by atoms with Crippen LogP contribution in [0.4, 0.5) is 4.79 Å². The number of hydrogen-bond donors (Lipinski definition) is 2. The van der Waals surface area contributed by atoms with Gasteiger partial charge in [0.15, 0.2) is 5.82 Å². The predicted molar refractivity (Wildman–Crippen MR) is 108 cm³/mol. The quantitative estimate of drug-likeness (QED) is 0.660. The molecular weight excluding hydrogens is 386 g/mol. The van der Waals surface area contributed by atoms with Crippen molar-refractivity contribution in [2.24, 2.45) is 0 Å².